The van der Waals surface area contributed by atoms with Crippen LogP contribution in [0, 0.1) is 6.92 Å². The molecule has 0 saturated heterocycles. The summed E-state index contributed by atoms with van der Waals surface area (Å²) in [4.78, 5) is 16.3. The molecule has 0 aliphatic rings. The van der Waals surface area contributed by atoms with Gasteiger partial charge < -0.3 is 11.1 Å². The summed E-state index contributed by atoms with van der Waals surface area (Å²) >= 11 is 3.34. The van der Waals surface area contributed by atoms with E-state index in [0.717, 1.165) is 16.5 Å². The van der Waals surface area contributed by atoms with E-state index in [9.17, 15) is 4.79 Å². The van der Waals surface area contributed by atoms with E-state index in [1.54, 1.807) is 6.20 Å². The van der Waals surface area contributed by atoms with E-state index in [1.165, 1.54) is 5.56 Å². The van der Waals surface area contributed by atoms with Gasteiger partial charge in [0.1, 0.15) is 5.82 Å². The number of amides is 1. The zero-order chi connectivity index (χ0) is 15.2. The smallest absolute Gasteiger partial charge is 0.242 e. The Balaban J connectivity index is 1.90. The molecule has 0 unspecified atom stereocenters. The van der Waals surface area contributed by atoms with E-state index in [1.807, 2.05) is 43.3 Å². The van der Waals surface area contributed by atoms with Crippen LogP contribution in [-0.4, -0.2) is 16.9 Å². The van der Waals surface area contributed by atoms with E-state index < -0.39 is 6.04 Å². The van der Waals surface area contributed by atoms with Gasteiger partial charge in [-0.15, -0.1) is 0 Å². The van der Waals surface area contributed by atoms with Crippen LogP contribution in [0.4, 0.5) is 5.82 Å². The fourth-order valence-corrected chi connectivity index (χ4v) is 2.42. The first-order valence-corrected chi connectivity index (χ1v) is 7.58. The van der Waals surface area contributed by atoms with Crippen molar-refractivity contribution in [1.29, 1.82) is 0 Å². The summed E-state index contributed by atoms with van der Waals surface area (Å²) in [6, 6.07) is 11.4. The van der Waals surface area contributed by atoms with Gasteiger partial charge in [0.15, 0.2) is 0 Å². The predicted octanol–water partition coefficient (Wildman–Crippen LogP) is 3.05. The third kappa shape index (κ3) is 4.65. The van der Waals surface area contributed by atoms with Crippen molar-refractivity contribution >= 4 is 27.7 Å². The van der Waals surface area contributed by atoms with Crippen LogP contribution in [0.2, 0.25) is 0 Å². The van der Waals surface area contributed by atoms with Gasteiger partial charge >= 0.3 is 0 Å². The van der Waals surface area contributed by atoms with Crippen LogP contribution in [0.15, 0.2) is 47.1 Å². The van der Waals surface area contributed by atoms with E-state index in [0.29, 0.717) is 12.2 Å². The van der Waals surface area contributed by atoms with Crippen LogP contribution in [-0.2, 0) is 11.2 Å². The van der Waals surface area contributed by atoms with Crippen molar-refractivity contribution in [3.8, 4) is 0 Å². The lowest BCUT2D eigenvalue weighted by atomic mass is 10.1. The van der Waals surface area contributed by atoms with Gasteiger partial charge in [-0.1, -0.05) is 30.3 Å². The highest BCUT2D eigenvalue weighted by Gasteiger charge is 2.15. The van der Waals surface area contributed by atoms with E-state index in [4.69, 9.17) is 5.73 Å². The highest BCUT2D eigenvalue weighted by molar-refractivity contribution is 9.10. The molecule has 0 aliphatic carbocycles. The van der Waals surface area contributed by atoms with Crippen molar-refractivity contribution in [3.63, 3.8) is 0 Å². The number of aromatic nitrogens is 1. The normalized spacial score (nSPS) is 12.0. The molecular weight excluding hydrogens is 330 g/mol. The summed E-state index contributed by atoms with van der Waals surface area (Å²) in [5.41, 5.74) is 8.02. The molecule has 1 amide bonds. The Bertz CT molecular complexity index is 616. The van der Waals surface area contributed by atoms with E-state index >= 15 is 0 Å². The summed E-state index contributed by atoms with van der Waals surface area (Å²) in [6.07, 6.45) is 3.03. The molecule has 1 heterocycles. The second-order valence-electron chi connectivity index (χ2n) is 4.94. The molecule has 21 heavy (non-hydrogen) atoms. The standard InChI is InChI=1S/C16H18BrN3O/c1-11-9-13(17)10-19-15(11)20-16(21)14(18)8-7-12-5-3-2-4-6-12/h2-6,9-10,14H,7-8,18H2,1H3,(H,19,20,21)/t14-/m0/s1. The van der Waals surface area contributed by atoms with Crippen molar-refractivity contribution in [2.45, 2.75) is 25.8 Å². The van der Waals surface area contributed by atoms with Crippen LogP contribution in [0.3, 0.4) is 0 Å². The molecule has 3 N–H and O–H groups in total. The van der Waals surface area contributed by atoms with Gasteiger partial charge in [0.25, 0.3) is 0 Å². The average Bonchev–Trinajstić information content (AvgIpc) is 2.48. The van der Waals surface area contributed by atoms with Crippen molar-refractivity contribution in [2.24, 2.45) is 5.73 Å². The fourth-order valence-electron chi connectivity index (χ4n) is 1.98. The SMILES string of the molecule is Cc1cc(Br)cnc1NC(=O)[C@@H](N)CCc1ccccc1. The number of carbonyl (C=O) groups excluding carboxylic acids is 1. The van der Waals surface area contributed by atoms with Gasteiger partial charge in [-0.25, -0.2) is 4.98 Å². The first-order valence-electron chi connectivity index (χ1n) is 6.79. The molecule has 0 bridgehead atoms. The summed E-state index contributed by atoms with van der Waals surface area (Å²) in [6.45, 7) is 1.89. The molecular formula is C16H18BrN3O. The predicted molar refractivity (Wildman–Crippen MR) is 88.0 cm³/mol. The number of hydrogen-bond donors (Lipinski definition) is 2. The minimum Gasteiger partial charge on any atom is -0.320 e. The molecule has 1 atom stereocenters. The third-order valence-corrected chi connectivity index (χ3v) is 3.64. The molecule has 0 saturated carbocycles. The molecule has 1 aromatic heterocycles. The van der Waals surface area contributed by atoms with Gasteiger partial charge in [0.05, 0.1) is 6.04 Å². The number of carbonyl (C=O) groups is 1. The van der Waals surface area contributed by atoms with Crippen LogP contribution < -0.4 is 11.1 Å². The number of aryl methyl sites for hydroxylation is 2. The van der Waals surface area contributed by atoms with Crippen LogP contribution in [0.1, 0.15) is 17.5 Å². The Labute approximate surface area is 132 Å². The molecule has 0 radical (unpaired) electrons. The first-order chi connectivity index (χ1) is 10.1. The van der Waals surface area contributed by atoms with Gasteiger partial charge in [0, 0.05) is 10.7 Å². The molecule has 4 nitrogen and oxygen atoms in total. The number of rotatable bonds is 5. The van der Waals surface area contributed by atoms with Crippen molar-refractivity contribution in [3.05, 3.63) is 58.2 Å². The average molecular weight is 348 g/mol. The van der Waals surface area contributed by atoms with Crippen LogP contribution >= 0.6 is 15.9 Å². The summed E-state index contributed by atoms with van der Waals surface area (Å²) in [5, 5.41) is 2.78. The second kappa shape index (κ2) is 7.33. The number of hydrogen-bond acceptors (Lipinski definition) is 3. The Morgan fingerprint density at radius 2 is 2.10 bits per heavy atom. The van der Waals surface area contributed by atoms with Crippen LogP contribution in [0.25, 0.3) is 0 Å². The minimum absolute atomic E-state index is 0.205. The van der Waals surface area contributed by atoms with E-state index in [-0.39, 0.29) is 5.91 Å². The maximum absolute atomic E-state index is 12.1. The Hall–Kier alpha value is -1.72. The number of halogens is 1. The molecule has 1 aromatic carbocycles. The molecule has 0 aliphatic heterocycles. The van der Waals surface area contributed by atoms with Crippen molar-refractivity contribution in [2.75, 3.05) is 5.32 Å². The van der Waals surface area contributed by atoms with Gasteiger partial charge in [-0.2, -0.15) is 0 Å². The summed E-state index contributed by atoms with van der Waals surface area (Å²) < 4.78 is 0.881. The highest BCUT2D eigenvalue weighted by Crippen LogP contribution is 2.17. The quantitative estimate of drug-likeness (QED) is 0.873. The van der Waals surface area contributed by atoms with Gasteiger partial charge in [-0.3, -0.25) is 4.79 Å². The second-order valence-corrected chi connectivity index (χ2v) is 5.85. The lowest BCUT2D eigenvalue weighted by Gasteiger charge is -2.13. The molecule has 0 spiro atoms. The number of pyridine rings is 1. The summed E-state index contributed by atoms with van der Waals surface area (Å²) in [7, 11) is 0. The lowest BCUT2D eigenvalue weighted by molar-refractivity contribution is -0.117. The lowest BCUT2D eigenvalue weighted by Crippen LogP contribution is -2.36. The summed E-state index contributed by atoms with van der Waals surface area (Å²) in [5.74, 6) is 0.349. The highest BCUT2D eigenvalue weighted by atomic mass is 79.9. The topological polar surface area (TPSA) is 68.0 Å². The minimum atomic E-state index is -0.546. The van der Waals surface area contributed by atoms with Gasteiger partial charge in [-0.05, 0) is 52.9 Å². The fraction of sp³-hybridized carbons (Fsp3) is 0.250. The zero-order valence-corrected chi connectivity index (χ0v) is 13.4. The Morgan fingerprint density at radius 3 is 2.76 bits per heavy atom. The number of nitrogens with one attached hydrogen (secondary N) is 1. The van der Waals surface area contributed by atoms with Crippen molar-refractivity contribution in [1.82, 2.24) is 4.98 Å². The zero-order valence-electron chi connectivity index (χ0n) is 11.8. The monoisotopic (exact) mass is 347 g/mol. The maximum atomic E-state index is 12.1. The molecule has 2 rings (SSSR count). The largest absolute Gasteiger partial charge is 0.320 e. The number of nitrogens with zero attached hydrogens (tertiary/aromatic N) is 1. The number of nitrogens with two attached hydrogens (primary N) is 1. The molecule has 0 fully saturated rings. The first kappa shape index (κ1) is 15.7. The molecule has 110 valence electrons. The van der Waals surface area contributed by atoms with Crippen LogP contribution in [0.5, 0.6) is 0 Å². The molecule has 2 aromatic rings. The number of benzene rings is 1. The molecule has 5 heteroatoms. The maximum Gasteiger partial charge on any atom is 0.242 e. The Kier molecular flexibility index (Phi) is 5.47. The Morgan fingerprint density at radius 1 is 1.38 bits per heavy atom. The van der Waals surface area contributed by atoms with E-state index in [2.05, 4.69) is 26.2 Å². The van der Waals surface area contributed by atoms with Gasteiger partial charge in [0.2, 0.25) is 5.91 Å². The van der Waals surface area contributed by atoms with Crippen molar-refractivity contribution < 1.29 is 4.79 Å². The number of anilines is 1. The third-order valence-electron chi connectivity index (χ3n) is 3.21.